The van der Waals surface area contributed by atoms with Crippen LogP contribution in [0.2, 0.25) is 0 Å². The molecule has 0 aliphatic carbocycles. The van der Waals surface area contributed by atoms with Gasteiger partial charge in [-0.25, -0.2) is 21.9 Å². The molecule has 0 radical (unpaired) electrons. The van der Waals surface area contributed by atoms with Crippen LogP contribution in [0.4, 0.5) is 14.6 Å². The summed E-state index contributed by atoms with van der Waals surface area (Å²) in [6, 6.07) is 17.1. The van der Waals surface area contributed by atoms with Crippen LogP contribution in [0.25, 0.3) is 5.69 Å². The number of rotatable bonds is 5. The van der Waals surface area contributed by atoms with Crippen molar-refractivity contribution in [2.45, 2.75) is 11.3 Å². The van der Waals surface area contributed by atoms with E-state index >= 15 is 0 Å². The molecule has 0 aliphatic rings. The zero-order valence-corrected chi connectivity index (χ0v) is 13.1. The van der Waals surface area contributed by atoms with E-state index in [1.807, 2.05) is 0 Å². The van der Waals surface area contributed by atoms with Gasteiger partial charge in [-0.3, -0.25) is 4.72 Å². The monoisotopic (exact) mass is 349 g/mol. The number of halogens is 2. The molecule has 0 spiro atoms. The van der Waals surface area contributed by atoms with E-state index < -0.39 is 22.1 Å². The molecule has 3 aromatic rings. The highest BCUT2D eigenvalue weighted by molar-refractivity contribution is 7.92. The number of anilines is 1. The molecule has 0 saturated heterocycles. The number of benzene rings is 2. The minimum atomic E-state index is -3.91. The van der Waals surface area contributed by atoms with Crippen LogP contribution in [0.15, 0.2) is 71.6 Å². The number of hydrogen-bond acceptors (Lipinski definition) is 3. The number of aromatic nitrogens is 2. The van der Waals surface area contributed by atoms with Gasteiger partial charge in [0.15, 0.2) is 0 Å². The molecule has 0 saturated carbocycles. The summed E-state index contributed by atoms with van der Waals surface area (Å²) in [5.74, 6) is -0.0552. The second-order valence-corrected chi connectivity index (χ2v) is 6.60. The molecule has 8 heteroatoms. The predicted molar refractivity (Wildman–Crippen MR) is 85.8 cm³/mol. The average molecular weight is 349 g/mol. The van der Waals surface area contributed by atoms with Crippen molar-refractivity contribution in [3.05, 3.63) is 72.4 Å². The fourth-order valence-electron chi connectivity index (χ4n) is 2.14. The highest BCUT2D eigenvalue weighted by Gasteiger charge is 2.21. The van der Waals surface area contributed by atoms with Crippen LogP contribution in [0.5, 0.6) is 0 Å². The molecule has 24 heavy (non-hydrogen) atoms. The average Bonchev–Trinajstić information content (AvgIpc) is 3.00. The lowest BCUT2D eigenvalue weighted by Gasteiger charge is -2.10. The molecule has 2 aromatic carbocycles. The van der Waals surface area contributed by atoms with Crippen LogP contribution in [-0.4, -0.2) is 18.2 Å². The Morgan fingerprint density at radius 2 is 1.54 bits per heavy atom. The molecule has 3 rings (SSSR count). The fraction of sp³-hybridized carbons (Fsp3) is 0.0625. The van der Waals surface area contributed by atoms with E-state index in [-0.39, 0.29) is 10.7 Å². The second kappa shape index (κ2) is 6.40. The molecule has 0 unspecified atom stereocenters. The van der Waals surface area contributed by atoms with E-state index in [0.29, 0.717) is 5.69 Å². The van der Waals surface area contributed by atoms with Gasteiger partial charge in [-0.05, 0) is 24.3 Å². The third kappa shape index (κ3) is 3.28. The second-order valence-electron chi connectivity index (χ2n) is 4.92. The first-order valence-corrected chi connectivity index (χ1v) is 8.47. The third-order valence-corrected chi connectivity index (χ3v) is 4.62. The van der Waals surface area contributed by atoms with E-state index in [9.17, 15) is 17.2 Å². The predicted octanol–water partition coefficient (Wildman–Crippen LogP) is 3.61. The summed E-state index contributed by atoms with van der Waals surface area (Å²) in [6.45, 7) is 0. The van der Waals surface area contributed by atoms with Crippen molar-refractivity contribution in [2.24, 2.45) is 0 Å². The lowest BCUT2D eigenvalue weighted by molar-refractivity contribution is 0.145. The van der Waals surface area contributed by atoms with Gasteiger partial charge in [-0.15, -0.1) is 0 Å². The SMILES string of the molecule is O=S(=O)(Nc1cc(C(F)F)nn1-c1ccccc1)c1ccccc1. The van der Waals surface area contributed by atoms with Crippen molar-refractivity contribution in [3.63, 3.8) is 0 Å². The smallest absolute Gasteiger partial charge is 0.263 e. The van der Waals surface area contributed by atoms with Gasteiger partial charge in [0, 0.05) is 6.07 Å². The number of sulfonamides is 1. The Labute approximate surface area is 137 Å². The van der Waals surface area contributed by atoms with Gasteiger partial charge in [0.2, 0.25) is 0 Å². The molecule has 0 fully saturated rings. The Bertz CT molecular complexity index is 926. The molecule has 0 bridgehead atoms. The van der Waals surface area contributed by atoms with E-state index in [0.717, 1.165) is 10.7 Å². The van der Waals surface area contributed by atoms with E-state index in [1.54, 1.807) is 48.5 Å². The lowest BCUT2D eigenvalue weighted by Crippen LogP contribution is -2.15. The van der Waals surface area contributed by atoms with E-state index in [1.165, 1.54) is 12.1 Å². The number of nitrogens with one attached hydrogen (secondary N) is 1. The molecular formula is C16H13F2N3O2S. The third-order valence-electron chi connectivity index (χ3n) is 3.25. The molecule has 5 nitrogen and oxygen atoms in total. The summed E-state index contributed by atoms with van der Waals surface area (Å²) in [7, 11) is -3.91. The Morgan fingerprint density at radius 3 is 2.12 bits per heavy atom. The highest BCUT2D eigenvalue weighted by Crippen LogP contribution is 2.25. The maximum absolute atomic E-state index is 13.0. The van der Waals surface area contributed by atoms with Crippen molar-refractivity contribution in [1.82, 2.24) is 9.78 Å². The molecule has 124 valence electrons. The van der Waals surface area contributed by atoms with Gasteiger partial charge >= 0.3 is 0 Å². The number of alkyl halides is 2. The van der Waals surface area contributed by atoms with Crippen LogP contribution >= 0.6 is 0 Å². The van der Waals surface area contributed by atoms with Gasteiger partial charge in [0.1, 0.15) is 11.5 Å². The van der Waals surface area contributed by atoms with Gasteiger partial charge in [0.25, 0.3) is 16.4 Å². The van der Waals surface area contributed by atoms with Crippen LogP contribution in [0.1, 0.15) is 12.1 Å². The molecule has 0 atom stereocenters. The molecule has 1 N–H and O–H groups in total. The zero-order chi connectivity index (χ0) is 17.2. The quantitative estimate of drug-likeness (QED) is 0.765. The van der Waals surface area contributed by atoms with Gasteiger partial charge in [-0.2, -0.15) is 5.10 Å². The first kappa shape index (κ1) is 16.1. The van der Waals surface area contributed by atoms with Crippen LogP contribution < -0.4 is 4.72 Å². The largest absolute Gasteiger partial charge is 0.282 e. The molecule has 1 heterocycles. The van der Waals surface area contributed by atoms with E-state index in [2.05, 4.69) is 9.82 Å². The van der Waals surface area contributed by atoms with Gasteiger partial charge in [-0.1, -0.05) is 36.4 Å². The van der Waals surface area contributed by atoms with Crippen LogP contribution in [-0.2, 0) is 10.0 Å². The number of para-hydroxylation sites is 1. The van der Waals surface area contributed by atoms with Crippen LogP contribution in [0, 0.1) is 0 Å². The Balaban J connectivity index is 2.04. The standard InChI is InChI=1S/C16H13F2N3O2S/c17-16(18)14-11-15(21(19-14)12-7-3-1-4-8-12)20-24(22,23)13-9-5-2-6-10-13/h1-11,16,20H. The van der Waals surface area contributed by atoms with Gasteiger partial charge in [0.05, 0.1) is 10.6 Å². The minimum Gasteiger partial charge on any atom is -0.263 e. The molecule has 0 amide bonds. The lowest BCUT2D eigenvalue weighted by atomic mass is 10.3. The Morgan fingerprint density at radius 1 is 0.958 bits per heavy atom. The summed E-state index contributed by atoms with van der Waals surface area (Å²) < 4.78 is 54.3. The minimum absolute atomic E-state index is 0.0319. The zero-order valence-electron chi connectivity index (χ0n) is 12.3. The summed E-state index contributed by atoms with van der Waals surface area (Å²) in [5.41, 5.74) is -0.0419. The topological polar surface area (TPSA) is 64.0 Å². The Hall–Kier alpha value is -2.74. The summed E-state index contributed by atoms with van der Waals surface area (Å²) in [4.78, 5) is 0.0319. The molecule has 1 aromatic heterocycles. The van der Waals surface area contributed by atoms with Crippen molar-refractivity contribution >= 4 is 15.8 Å². The van der Waals surface area contributed by atoms with Crippen molar-refractivity contribution in [3.8, 4) is 5.69 Å². The van der Waals surface area contributed by atoms with Crippen LogP contribution in [0.3, 0.4) is 0 Å². The van der Waals surface area contributed by atoms with Crippen molar-refractivity contribution < 1.29 is 17.2 Å². The number of hydrogen-bond donors (Lipinski definition) is 1. The summed E-state index contributed by atoms with van der Waals surface area (Å²) in [6.07, 6.45) is -2.81. The van der Waals surface area contributed by atoms with Crippen molar-refractivity contribution in [2.75, 3.05) is 4.72 Å². The first-order valence-electron chi connectivity index (χ1n) is 6.99. The normalized spacial score (nSPS) is 11.6. The molecular weight excluding hydrogens is 336 g/mol. The summed E-state index contributed by atoms with van der Waals surface area (Å²) in [5, 5.41) is 3.80. The number of nitrogens with zero attached hydrogens (tertiary/aromatic N) is 2. The fourth-order valence-corrected chi connectivity index (χ4v) is 3.20. The maximum atomic E-state index is 13.0. The highest BCUT2D eigenvalue weighted by atomic mass is 32.2. The molecule has 0 aliphatic heterocycles. The maximum Gasteiger partial charge on any atom is 0.282 e. The van der Waals surface area contributed by atoms with Gasteiger partial charge < -0.3 is 0 Å². The Kier molecular flexibility index (Phi) is 4.30. The summed E-state index contributed by atoms with van der Waals surface area (Å²) >= 11 is 0. The van der Waals surface area contributed by atoms with E-state index in [4.69, 9.17) is 0 Å². The van der Waals surface area contributed by atoms with Crippen molar-refractivity contribution in [1.29, 1.82) is 0 Å². The first-order chi connectivity index (χ1) is 11.5.